The van der Waals surface area contributed by atoms with Gasteiger partial charge in [0.2, 0.25) is 0 Å². The van der Waals surface area contributed by atoms with Crippen molar-refractivity contribution in [3.05, 3.63) is 17.5 Å². The van der Waals surface area contributed by atoms with Crippen LogP contribution in [0.3, 0.4) is 0 Å². The van der Waals surface area contributed by atoms with Gasteiger partial charge in [0.25, 0.3) is 0 Å². The molecule has 0 saturated heterocycles. The van der Waals surface area contributed by atoms with Crippen LogP contribution in [-0.2, 0) is 19.4 Å². The van der Waals surface area contributed by atoms with Crippen molar-refractivity contribution < 1.29 is 17.9 Å². The molecule has 1 aromatic rings. The molecule has 0 atom stereocenters. The van der Waals surface area contributed by atoms with Gasteiger partial charge in [0.15, 0.2) is 15.6 Å². The maximum absolute atomic E-state index is 11.5. The fourth-order valence-corrected chi connectivity index (χ4v) is 3.07. The number of hydrogen-bond acceptors (Lipinski definition) is 5. The van der Waals surface area contributed by atoms with Gasteiger partial charge in [-0.3, -0.25) is 4.79 Å². The highest BCUT2D eigenvalue weighted by atomic mass is 32.2. The third-order valence-electron chi connectivity index (χ3n) is 1.41. The Hall–Kier alpha value is -0.880. The molecule has 0 aliphatic rings. The number of carbonyl (C=O) groups excluding carboxylic acids is 1. The Kier molecular flexibility index (Phi) is 3.65. The molecule has 14 heavy (non-hydrogen) atoms. The fourth-order valence-electron chi connectivity index (χ4n) is 0.869. The lowest BCUT2D eigenvalue weighted by molar-refractivity contribution is -0.139. The largest absolute Gasteiger partial charge is 0.465 e. The topological polar surface area (TPSA) is 60.4 Å². The Morgan fingerprint density at radius 2 is 2.29 bits per heavy atom. The highest BCUT2D eigenvalue weighted by molar-refractivity contribution is 7.94. The molecule has 0 fully saturated rings. The monoisotopic (exact) mass is 234 g/mol. The summed E-state index contributed by atoms with van der Waals surface area (Å²) in [4.78, 5) is 11.0. The van der Waals surface area contributed by atoms with Crippen LogP contribution in [0.15, 0.2) is 21.7 Å². The van der Waals surface area contributed by atoms with E-state index in [4.69, 9.17) is 0 Å². The van der Waals surface area contributed by atoms with Gasteiger partial charge in [0.05, 0.1) is 6.61 Å². The first-order chi connectivity index (χ1) is 6.56. The summed E-state index contributed by atoms with van der Waals surface area (Å²) in [5.74, 6) is -1.29. The van der Waals surface area contributed by atoms with Gasteiger partial charge in [0, 0.05) is 0 Å². The van der Waals surface area contributed by atoms with Gasteiger partial charge < -0.3 is 4.74 Å². The van der Waals surface area contributed by atoms with Gasteiger partial charge in [0.1, 0.15) is 4.21 Å². The van der Waals surface area contributed by atoms with Crippen LogP contribution in [0.5, 0.6) is 0 Å². The standard InChI is InChI=1S/C8H10O4S2/c1-2-12-7(9)6-14(10,11)8-4-3-5-13-8/h3-5H,2,6H2,1H3. The molecule has 1 aromatic heterocycles. The maximum atomic E-state index is 11.5. The summed E-state index contributed by atoms with van der Waals surface area (Å²) in [6, 6.07) is 3.10. The minimum absolute atomic E-state index is 0.193. The molecular weight excluding hydrogens is 224 g/mol. The number of esters is 1. The minimum Gasteiger partial charge on any atom is -0.465 e. The number of sulfone groups is 1. The van der Waals surface area contributed by atoms with Crippen molar-refractivity contribution in [1.82, 2.24) is 0 Å². The van der Waals surface area contributed by atoms with Gasteiger partial charge in [-0.2, -0.15) is 0 Å². The minimum atomic E-state index is -3.49. The smallest absolute Gasteiger partial charge is 0.321 e. The highest BCUT2D eigenvalue weighted by Crippen LogP contribution is 2.17. The van der Waals surface area contributed by atoms with Gasteiger partial charge in [-0.1, -0.05) is 6.07 Å². The molecule has 0 unspecified atom stereocenters. The number of thiophene rings is 1. The summed E-state index contributed by atoms with van der Waals surface area (Å²) >= 11 is 1.09. The predicted molar refractivity (Wildman–Crippen MR) is 53.0 cm³/mol. The summed E-state index contributed by atoms with van der Waals surface area (Å²) in [5.41, 5.74) is 0. The van der Waals surface area contributed by atoms with Crippen LogP contribution < -0.4 is 0 Å². The average molecular weight is 234 g/mol. The first-order valence-electron chi connectivity index (χ1n) is 3.98. The van der Waals surface area contributed by atoms with Crippen molar-refractivity contribution in [3.8, 4) is 0 Å². The van der Waals surface area contributed by atoms with Crippen molar-refractivity contribution in [3.63, 3.8) is 0 Å². The zero-order valence-electron chi connectivity index (χ0n) is 7.60. The van der Waals surface area contributed by atoms with Crippen LogP contribution >= 0.6 is 11.3 Å². The predicted octanol–water partition coefficient (Wildman–Crippen LogP) is 1.08. The normalized spacial score (nSPS) is 11.2. The third-order valence-corrected chi connectivity index (χ3v) is 4.49. The summed E-state index contributed by atoms with van der Waals surface area (Å²) < 4.78 is 27.7. The molecule has 1 rings (SSSR count). The molecule has 0 bridgehead atoms. The number of carbonyl (C=O) groups is 1. The molecule has 0 aromatic carbocycles. The lowest BCUT2D eigenvalue weighted by atomic mass is 10.7. The molecule has 0 N–H and O–H groups in total. The fraction of sp³-hybridized carbons (Fsp3) is 0.375. The van der Waals surface area contributed by atoms with Crippen molar-refractivity contribution in [1.29, 1.82) is 0 Å². The van der Waals surface area contributed by atoms with Crippen molar-refractivity contribution in [2.75, 3.05) is 12.4 Å². The van der Waals surface area contributed by atoms with Crippen LogP contribution in [0, 0.1) is 0 Å². The second kappa shape index (κ2) is 4.56. The van der Waals surface area contributed by atoms with E-state index in [1.165, 1.54) is 6.07 Å². The molecule has 1 heterocycles. The van der Waals surface area contributed by atoms with E-state index in [1.54, 1.807) is 18.4 Å². The zero-order chi connectivity index (χ0) is 10.6. The van der Waals surface area contributed by atoms with Crippen molar-refractivity contribution >= 4 is 27.1 Å². The first-order valence-corrected chi connectivity index (χ1v) is 6.51. The van der Waals surface area contributed by atoms with E-state index in [2.05, 4.69) is 4.74 Å². The lowest BCUT2D eigenvalue weighted by Gasteiger charge is -2.01. The van der Waals surface area contributed by atoms with E-state index in [0.29, 0.717) is 0 Å². The van der Waals surface area contributed by atoms with Crippen molar-refractivity contribution in [2.24, 2.45) is 0 Å². The summed E-state index contributed by atoms with van der Waals surface area (Å²) in [5, 5.41) is 1.65. The molecule has 0 saturated carbocycles. The summed E-state index contributed by atoms with van der Waals surface area (Å²) in [6.45, 7) is 1.83. The lowest BCUT2D eigenvalue weighted by Crippen LogP contribution is -2.17. The van der Waals surface area contributed by atoms with Crippen LogP contribution in [0.25, 0.3) is 0 Å². The number of ether oxygens (including phenoxy) is 1. The Balaban J connectivity index is 2.74. The Morgan fingerprint density at radius 3 is 2.79 bits per heavy atom. The zero-order valence-corrected chi connectivity index (χ0v) is 9.23. The van der Waals surface area contributed by atoms with Crippen LogP contribution in [-0.4, -0.2) is 26.7 Å². The van der Waals surface area contributed by atoms with Crippen LogP contribution in [0.2, 0.25) is 0 Å². The van der Waals surface area contributed by atoms with E-state index in [0.717, 1.165) is 11.3 Å². The Bertz CT molecular complexity index is 391. The Morgan fingerprint density at radius 1 is 1.57 bits per heavy atom. The van der Waals surface area contributed by atoms with Gasteiger partial charge in [-0.15, -0.1) is 11.3 Å². The molecule has 0 spiro atoms. The van der Waals surface area contributed by atoms with Crippen molar-refractivity contribution in [2.45, 2.75) is 11.1 Å². The highest BCUT2D eigenvalue weighted by Gasteiger charge is 2.20. The SMILES string of the molecule is CCOC(=O)CS(=O)(=O)c1cccs1. The van der Waals surface area contributed by atoms with E-state index in [1.807, 2.05) is 0 Å². The van der Waals surface area contributed by atoms with Crippen LogP contribution in [0.1, 0.15) is 6.92 Å². The van der Waals surface area contributed by atoms with Gasteiger partial charge in [-0.25, -0.2) is 8.42 Å². The number of rotatable bonds is 4. The molecule has 0 aliphatic carbocycles. The third kappa shape index (κ3) is 2.81. The first kappa shape index (κ1) is 11.2. The van der Waals surface area contributed by atoms with E-state index < -0.39 is 21.6 Å². The molecular formula is C8H10O4S2. The molecule has 0 radical (unpaired) electrons. The second-order valence-electron chi connectivity index (χ2n) is 2.50. The van der Waals surface area contributed by atoms with E-state index in [-0.39, 0.29) is 10.8 Å². The summed E-state index contributed by atoms with van der Waals surface area (Å²) in [6.07, 6.45) is 0. The quantitative estimate of drug-likeness (QED) is 0.731. The van der Waals surface area contributed by atoms with E-state index >= 15 is 0 Å². The van der Waals surface area contributed by atoms with Gasteiger partial charge >= 0.3 is 5.97 Å². The maximum Gasteiger partial charge on any atom is 0.321 e. The number of hydrogen-bond donors (Lipinski definition) is 0. The molecule has 0 amide bonds. The van der Waals surface area contributed by atoms with Crippen LogP contribution in [0.4, 0.5) is 0 Å². The second-order valence-corrected chi connectivity index (χ2v) is 5.66. The van der Waals surface area contributed by atoms with Gasteiger partial charge in [-0.05, 0) is 18.4 Å². The summed E-state index contributed by atoms with van der Waals surface area (Å²) in [7, 11) is -3.49. The van der Waals surface area contributed by atoms with E-state index in [9.17, 15) is 13.2 Å². The average Bonchev–Trinajstić information content (AvgIpc) is 2.54. The molecule has 6 heteroatoms. The molecule has 0 aliphatic heterocycles. The molecule has 78 valence electrons. The Labute approximate surface area is 86.4 Å². The molecule has 4 nitrogen and oxygen atoms in total.